The van der Waals surface area contributed by atoms with Gasteiger partial charge >= 0.3 is 0 Å². The van der Waals surface area contributed by atoms with E-state index in [-0.39, 0.29) is 12.5 Å². The zero-order chi connectivity index (χ0) is 7.98. The Kier molecular flexibility index (Phi) is 4.88. The third-order valence-electron chi connectivity index (χ3n) is 1.05. The van der Waals surface area contributed by atoms with Gasteiger partial charge in [-0.25, -0.2) is 0 Å². The number of amides is 1. The highest BCUT2D eigenvalue weighted by molar-refractivity contribution is 5.80. The number of rotatable bonds is 4. The molecule has 1 atom stereocenters. The van der Waals surface area contributed by atoms with E-state index in [0.29, 0.717) is 13.0 Å². The van der Waals surface area contributed by atoms with Crippen molar-refractivity contribution in [2.24, 2.45) is 5.73 Å². The molecule has 0 aromatic heterocycles. The zero-order valence-electron chi connectivity index (χ0n) is 6.13. The van der Waals surface area contributed by atoms with Crippen LogP contribution >= 0.6 is 0 Å². The first kappa shape index (κ1) is 9.39. The van der Waals surface area contributed by atoms with E-state index in [1.807, 2.05) is 0 Å². The van der Waals surface area contributed by atoms with Gasteiger partial charge < -0.3 is 16.2 Å². The van der Waals surface area contributed by atoms with E-state index in [1.54, 1.807) is 6.92 Å². The summed E-state index contributed by atoms with van der Waals surface area (Å²) in [6.07, 6.45) is 0.582. The van der Waals surface area contributed by atoms with Crippen LogP contribution in [0.5, 0.6) is 0 Å². The van der Waals surface area contributed by atoms with E-state index in [2.05, 4.69) is 5.32 Å². The zero-order valence-corrected chi connectivity index (χ0v) is 6.13. The van der Waals surface area contributed by atoms with E-state index >= 15 is 0 Å². The topological polar surface area (TPSA) is 75.4 Å². The van der Waals surface area contributed by atoms with E-state index in [4.69, 9.17) is 10.8 Å². The molecule has 0 fully saturated rings. The minimum absolute atomic E-state index is 0.0965. The smallest absolute Gasteiger partial charge is 0.236 e. The number of carbonyl (C=O) groups excluding carboxylic acids is 1. The Balaban J connectivity index is 3.22. The van der Waals surface area contributed by atoms with Crippen molar-refractivity contribution in [2.45, 2.75) is 19.4 Å². The molecule has 0 spiro atoms. The molecule has 0 bridgehead atoms. The third-order valence-corrected chi connectivity index (χ3v) is 1.05. The fraction of sp³-hybridized carbons (Fsp3) is 0.833. The van der Waals surface area contributed by atoms with Gasteiger partial charge in [0.1, 0.15) is 0 Å². The predicted octanol–water partition coefficient (Wildman–Crippen LogP) is -1.17. The molecule has 10 heavy (non-hydrogen) atoms. The predicted molar refractivity (Wildman–Crippen MR) is 38.4 cm³/mol. The Morgan fingerprint density at radius 3 is 2.80 bits per heavy atom. The summed E-state index contributed by atoms with van der Waals surface area (Å²) < 4.78 is 0. The molecule has 1 amide bonds. The second-order valence-electron chi connectivity index (χ2n) is 2.16. The second-order valence-corrected chi connectivity index (χ2v) is 2.16. The number of carbonyl (C=O) groups is 1. The van der Waals surface area contributed by atoms with Crippen molar-refractivity contribution in [3.05, 3.63) is 0 Å². The first-order chi connectivity index (χ1) is 4.68. The first-order valence-electron chi connectivity index (χ1n) is 3.32. The lowest BCUT2D eigenvalue weighted by Gasteiger charge is -2.05. The minimum Gasteiger partial charge on any atom is -0.396 e. The van der Waals surface area contributed by atoms with Crippen LogP contribution in [0.15, 0.2) is 0 Å². The summed E-state index contributed by atoms with van der Waals surface area (Å²) in [6.45, 7) is 2.21. The van der Waals surface area contributed by atoms with Gasteiger partial charge in [-0.2, -0.15) is 0 Å². The number of nitrogens with one attached hydrogen (secondary N) is 1. The van der Waals surface area contributed by atoms with Gasteiger partial charge in [-0.15, -0.1) is 0 Å². The summed E-state index contributed by atoms with van der Waals surface area (Å²) >= 11 is 0. The van der Waals surface area contributed by atoms with Gasteiger partial charge in [0.15, 0.2) is 0 Å². The van der Waals surface area contributed by atoms with E-state index < -0.39 is 6.04 Å². The minimum atomic E-state index is -0.460. The Morgan fingerprint density at radius 1 is 1.80 bits per heavy atom. The maximum absolute atomic E-state index is 10.7. The van der Waals surface area contributed by atoms with Crippen LogP contribution in [-0.2, 0) is 4.79 Å². The Hall–Kier alpha value is -0.610. The average Bonchev–Trinajstić information content (AvgIpc) is 1.88. The van der Waals surface area contributed by atoms with Crippen molar-refractivity contribution in [2.75, 3.05) is 13.2 Å². The van der Waals surface area contributed by atoms with Crippen LogP contribution in [0.1, 0.15) is 13.3 Å². The van der Waals surface area contributed by atoms with E-state index in [1.165, 1.54) is 0 Å². The van der Waals surface area contributed by atoms with Gasteiger partial charge in [0.05, 0.1) is 6.04 Å². The molecule has 0 aliphatic carbocycles. The SMILES string of the molecule is CC(N)C(=O)NCCCO. The Bertz CT molecular complexity index is 104. The molecule has 0 saturated carbocycles. The molecule has 60 valence electrons. The van der Waals surface area contributed by atoms with Crippen molar-refractivity contribution in [3.63, 3.8) is 0 Å². The second kappa shape index (κ2) is 5.20. The molecule has 0 saturated heterocycles. The number of aliphatic hydroxyl groups is 1. The molecule has 0 aromatic rings. The molecule has 0 aliphatic rings. The molecular formula is C6H14N2O2. The molecule has 0 rings (SSSR count). The molecule has 0 heterocycles. The van der Waals surface area contributed by atoms with Crippen LogP contribution in [-0.4, -0.2) is 30.2 Å². The highest BCUT2D eigenvalue weighted by Gasteiger charge is 2.04. The monoisotopic (exact) mass is 146 g/mol. The summed E-state index contributed by atoms with van der Waals surface area (Å²) in [5.74, 6) is -0.173. The average molecular weight is 146 g/mol. The number of hydrogen-bond acceptors (Lipinski definition) is 3. The van der Waals surface area contributed by atoms with E-state index in [0.717, 1.165) is 0 Å². The summed E-state index contributed by atoms with van der Waals surface area (Å²) in [7, 11) is 0. The Morgan fingerprint density at radius 2 is 2.40 bits per heavy atom. The van der Waals surface area contributed by atoms with Gasteiger partial charge in [0, 0.05) is 13.2 Å². The lowest BCUT2D eigenvalue weighted by atomic mass is 10.3. The maximum Gasteiger partial charge on any atom is 0.236 e. The van der Waals surface area contributed by atoms with E-state index in [9.17, 15) is 4.79 Å². The largest absolute Gasteiger partial charge is 0.396 e. The maximum atomic E-state index is 10.7. The van der Waals surface area contributed by atoms with Crippen LogP contribution in [0.2, 0.25) is 0 Å². The van der Waals surface area contributed by atoms with Crippen LogP contribution in [0, 0.1) is 0 Å². The van der Waals surface area contributed by atoms with Gasteiger partial charge in [-0.05, 0) is 13.3 Å². The summed E-state index contributed by atoms with van der Waals surface area (Å²) in [5, 5.41) is 10.9. The molecule has 0 radical (unpaired) electrons. The van der Waals surface area contributed by atoms with Crippen molar-refractivity contribution >= 4 is 5.91 Å². The summed E-state index contributed by atoms with van der Waals surface area (Å²) in [4.78, 5) is 10.7. The fourth-order valence-corrected chi connectivity index (χ4v) is 0.452. The molecule has 4 N–H and O–H groups in total. The summed E-state index contributed by atoms with van der Waals surface area (Å²) in [6, 6.07) is -0.460. The van der Waals surface area contributed by atoms with Crippen molar-refractivity contribution in [3.8, 4) is 0 Å². The fourth-order valence-electron chi connectivity index (χ4n) is 0.452. The normalized spacial score (nSPS) is 12.7. The van der Waals surface area contributed by atoms with Gasteiger partial charge in [0.2, 0.25) is 5.91 Å². The Labute approximate surface area is 60.4 Å². The quantitative estimate of drug-likeness (QED) is 0.437. The first-order valence-corrected chi connectivity index (χ1v) is 3.32. The number of nitrogens with two attached hydrogens (primary N) is 1. The lowest BCUT2D eigenvalue weighted by molar-refractivity contribution is -0.121. The summed E-state index contributed by atoms with van der Waals surface area (Å²) in [5.41, 5.74) is 5.24. The van der Waals surface area contributed by atoms with Crippen molar-refractivity contribution in [1.29, 1.82) is 0 Å². The van der Waals surface area contributed by atoms with Gasteiger partial charge in [-0.1, -0.05) is 0 Å². The van der Waals surface area contributed by atoms with Gasteiger partial charge in [0.25, 0.3) is 0 Å². The third kappa shape index (κ3) is 4.29. The molecule has 4 nitrogen and oxygen atoms in total. The molecule has 4 heteroatoms. The molecule has 1 unspecified atom stereocenters. The molecule has 0 aromatic carbocycles. The number of hydrogen-bond donors (Lipinski definition) is 3. The molecule has 0 aliphatic heterocycles. The highest BCUT2D eigenvalue weighted by Crippen LogP contribution is 1.76. The molecular weight excluding hydrogens is 132 g/mol. The van der Waals surface area contributed by atoms with Crippen molar-refractivity contribution < 1.29 is 9.90 Å². The van der Waals surface area contributed by atoms with Crippen LogP contribution in [0.4, 0.5) is 0 Å². The standard InChI is InChI=1S/C6H14N2O2/c1-5(7)6(10)8-3-2-4-9/h5,9H,2-4,7H2,1H3,(H,8,10). The van der Waals surface area contributed by atoms with Gasteiger partial charge in [-0.3, -0.25) is 4.79 Å². The van der Waals surface area contributed by atoms with Crippen LogP contribution in [0.3, 0.4) is 0 Å². The highest BCUT2D eigenvalue weighted by atomic mass is 16.3. The van der Waals surface area contributed by atoms with Crippen LogP contribution in [0.25, 0.3) is 0 Å². The lowest BCUT2D eigenvalue weighted by Crippen LogP contribution is -2.38. The van der Waals surface area contributed by atoms with Crippen molar-refractivity contribution in [1.82, 2.24) is 5.32 Å². The number of aliphatic hydroxyl groups excluding tert-OH is 1. The van der Waals surface area contributed by atoms with Crippen LogP contribution < -0.4 is 11.1 Å².